The van der Waals surface area contributed by atoms with Gasteiger partial charge in [0.25, 0.3) is 11.6 Å². The largest absolute Gasteiger partial charge is 0.454 e. The summed E-state index contributed by atoms with van der Waals surface area (Å²) in [5, 5.41) is 13.3. The maximum atomic E-state index is 13.1. The molecule has 1 aliphatic heterocycles. The van der Waals surface area contributed by atoms with Crippen LogP contribution in [0.4, 0.5) is 15.8 Å². The molecule has 0 spiro atoms. The molecule has 0 aliphatic carbocycles. The second-order valence-corrected chi connectivity index (χ2v) is 5.64. The number of hydrogen-bond donors (Lipinski definition) is 1. The summed E-state index contributed by atoms with van der Waals surface area (Å²) in [5.74, 6) is -2.21. The Hall–Kier alpha value is -3.40. The lowest BCUT2D eigenvalue weighted by Crippen LogP contribution is -2.21. The van der Waals surface area contributed by atoms with Gasteiger partial charge in [-0.25, -0.2) is 9.18 Å². The number of halogens is 2. The van der Waals surface area contributed by atoms with Gasteiger partial charge in [-0.3, -0.25) is 14.9 Å². The standard InChI is InChI=1S/C16H10ClFN2O7/c17-10-3-8(1-2-11(10)18)19-15(21)6-25-16(22)9-4-13-14(27-7-26-13)5-12(9)20(23)24/h1-5H,6-7H2,(H,19,21). The summed E-state index contributed by atoms with van der Waals surface area (Å²) in [6.07, 6.45) is 0. The second kappa shape index (κ2) is 7.46. The van der Waals surface area contributed by atoms with E-state index in [1.54, 1.807) is 0 Å². The van der Waals surface area contributed by atoms with Gasteiger partial charge < -0.3 is 19.5 Å². The molecule has 1 heterocycles. The summed E-state index contributed by atoms with van der Waals surface area (Å²) in [7, 11) is 0. The molecule has 3 rings (SSSR count). The van der Waals surface area contributed by atoms with Gasteiger partial charge in [0.15, 0.2) is 18.1 Å². The molecular formula is C16H10ClFN2O7. The van der Waals surface area contributed by atoms with Crippen LogP contribution in [0.2, 0.25) is 5.02 Å². The molecule has 0 radical (unpaired) electrons. The quantitative estimate of drug-likeness (QED) is 0.469. The number of hydrogen-bond acceptors (Lipinski definition) is 7. The Morgan fingerprint density at radius 2 is 1.96 bits per heavy atom. The topological polar surface area (TPSA) is 117 Å². The van der Waals surface area contributed by atoms with E-state index in [0.29, 0.717) is 0 Å². The Morgan fingerprint density at radius 3 is 2.63 bits per heavy atom. The number of esters is 1. The van der Waals surface area contributed by atoms with Crippen LogP contribution in [0.15, 0.2) is 30.3 Å². The average molecular weight is 397 g/mol. The number of benzene rings is 2. The van der Waals surface area contributed by atoms with E-state index in [0.717, 1.165) is 18.2 Å². The summed E-state index contributed by atoms with van der Waals surface area (Å²) in [4.78, 5) is 34.4. The summed E-state index contributed by atoms with van der Waals surface area (Å²) >= 11 is 5.60. The Balaban J connectivity index is 1.67. The van der Waals surface area contributed by atoms with Gasteiger partial charge in [0, 0.05) is 11.8 Å². The van der Waals surface area contributed by atoms with Crippen molar-refractivity contribution < 1.29 is 33.1 Å². The molecule has 2 aromatic rings. The van der Waals surface area contributed by atoms with Crippen molar-refractivity contribution in [3.05, 3.63) is 56.8 Å². The van der Waals surface area contributed by atoms with E-state index in [1.807, 2.05) is 0 Å². The predicted octanol–water partition coefficient (Wildman–Crippen LogP) is 2.91. The monoisotopic (exact) mass is 396 g/mol. The normalized spacial score (nSPS) is 11.8. The van der Waals surface area contributed by atoms with Crippen LogP contribution in [0.1, 0.15) is 10.4 Å². The Bertz CT molecular complexity index is 951. The van der Waals surface area contributed by atoms with Crippen molar-refractivity contribution in [1.29, 1.82) is 0 Å². The van der Waals surface area contributed by atoms with Gasteiger partial charge in [-0.2, -0.15) is 0 Å². The number of nitro groups is 1. The van der Waals surface area contributed by atoms with Crippen LogP contribution in [-0.4, -0.2) is 30.2 Å². The molecule has 0 aromatic heterocycles. The van der Waals surface area contributed by atoms with Gasteiger partial charge in [-0.1, -0.05) is 11.6 Å². The number of ether oxygens (including phenoxy) is 3. The Labute approximate surface area is 155 Å². The summed E-state index contributed by atoms with van der Waals surface area (Å²) < 4.78 is 28.0. The van der Waals surface area contributed by atoms with Crippen molar-refractivity contribution in [3.8, 4) is 11.5 Å². The lowest BCUT2D eigenvalue weighted by Gasteiger charge is -2.08. The molecule has 0 saturated heterocycles. The van der Waals surface area contributed by atoms with Crippen LogP contribution in [0.3, 0.4) is 0 Å². The minimum atomic E-state index is -1.09. The number of amides is 1. The van der Waals surface area contributed by atoms with E-state index in [-0.39, 0.29) is 34.6 Å². The first-order valence-corrected chi connectivity index (χ1v) is 7.73. The first-order chi connectivity index (χ1) is 12.8. The minimum absolute atomic E-state index is 0.129. The van der Waals surface area contributed by atoms with Crippen molar-refractivity contribution in [2.45, 2.75) is 0 Å². The Morgan fingerprint density at radius 1 is 1.26 bits per heavy atom. The lowest BCUT2D eigenvalue weighted by atomic mass is 10.1. The van der Waals surface area contributed by atoms with Crippen LogP contribution < -0.4 is 14.8 Å². The number of carbonyl (C=O) groups excluding carboxylic acids is 2. The average Bonchev–Trinajstić information content (AvgIpc) is 3.09. The molecule has 9 nitrogen and oxygen atoms in total. The van der Waals surface area contributed by atoms with Crippen LogP contribution >= 0.6 is 11.6 Å². The fourth-order valence-electron chi connectivity index (χ4n) is 2.23. The highest BCUT2D eigenvalue weighted by atomic mass is 35.5. The van der Waals surface area contributed by atoms with Crippen LogP contribution in [0, 0.1) is 15.9 Å². The molecule has 1 N–H and O–H groups in total. The van der Waals surface area contributed by atoms with E-state index in [9.17, 15) is 24.1 Å². The molecule has 1 aliphatic rings. The third-order valence-electron chi connectivity index (χ3n) is 3.45. The first-order valence-electron chi connectivity index (χ1n) is 7.35. The fraction of sp³-hybridized carbons (Fsp3) is 0.125. The summed E-state index contributed by atoms with van der Waals surface area (Å²) in [5.41, 5.74) is -0.742. The zero-order chi connectivity index (χ0) is 19.6. The highest BCUT2D eigenvalue weighted by molar-refractivity contribution is 6.31. The number of nitro benzene ring substituents is 1. The second-order valence-electron chi connectivity index (χ2n) is 5.23. The zero-order valence-electron chi connectivity index (χ0n) is 13.4. The number of nitrogens with zero attached hydrogens (tertiary/aromatic N) is 1. The summed E-state index contributed by atoms with van der Waals surface area (Å²) in [6.45, 7) is -0.854. The fourth-order valence-corrected chi connectivity index (χ4v) is 2.41. The van der Waals surface area contributed by atoms with E-state index in [2.05, 4.69) is 5.32 Å². The third kappa shape index (κ3) is 4.06. The van der Waals surface area contributed by atoms with Crippen molar-refractivity contribution in [2.75, 3.05) is 18.7 Å². The molecule has 1 amide bonds. The predicted molar refractivity (Wildman–Crippen MR) is 89.5 cm³/mol. The molecule has 0 bridgehead atoms. The molecule has 0 unspecified atom stereocenters. The minimum Gasteiger partial charge on any atom is -0.454 e. The van der Waals surface area contributed by atoms with Gasteiger partial charge in [-0.15, -0.1) is 0 Å². The summed E-state index contributed by atoms with van der Waals surface area (Å²) in [6, 6.07) is 5.66. The SMILES string of the molecule is O=C(COC(=O)c1cc2c(cc1[N+](=O)[O-])OCO2)Nc1ccc(F)c(Cl)c1. The van der Waals surface area contributed by atoms with Gasteiger partial charge >= 0.3 is 5.97 Å². The van der Waals surface area contributed by atoms with Crippen molar-refractivity contribution in [1.82, 2.24) is 0 Å². The number of anilines is 1. The van der Waals surface area contributed by atoms with Gasteiger partial charge in [0.2, 0.25) is 6.79 Å². The molecule has 140 valence electrons. The van der Waals surface area contributed by atoms with Gasteiger partial charge in [0.1, 0.15) is 11.4 Å². The molecule has 11 heteroatoms. The van der Waals surface area contributed by atoms with Gasteiger partial charge in [0.05, 0.1) is 16.0 Å². The highest BCUT2D eigenvalue weighted by Crippen LogP contribution is 2.38. The van der Waals surface area contributed by atoms with Crippen LogP contribution in [0.25, 0.3) is 0 Å². The maximum absolute atomic E-state index is 13.1. The van der Waals surface area contributed by atoms with Crippen LogP contribution in [-0.2, 0) is 9.53 Å². The van der Waals surface area contributed by atoms with E-state index < -0.39 is 34.9 Å². The van der Waals surface area contributed by atoms with E-state index in [4.69, 9.17) is 25.8 Å². The van der Waals surface area contributed by atoms with Crippen LogP contribution in [0.5, 0.6) is 11.5 Å². The lowest BCUT2D eigenvalue weighted by molar-refractivity contribution is -0.385. The smallest absolute Gasteiger partial charge is 0.345 e. The molecule has 0 saturated carbocycles. The first kappa shape index (κ1) is 18.4. The number of nitrogens with one attached hydrogen (secondary N) is 1. The zero-order valence-corrected chi connectivity index (χ0v) is 14.1. The number of carbonyl (C=O) groups is 2. The number of fused-ring (bicyclic) bond motifs is 1. The molecule has 27 heavy (non-hydrogen) atoms. The highest BCUT2D eigenvalue weighted by Gasteiger charge is 2.28. The van der Waals surface area contributed by atoms with Gasteiger partial charge in [-0.05, 0) is 18.2 Å². The maximum Gasteiger partial charge on any atom is 0.345 e. The Kier molecular flexibility index (Phi) is 5.08. The molecule has 0 fully saturated rings. The van der Waals surface area contributed by atoms with Crippen molar-refractivity contribution >= 4 is 34.9 Å². The molecule has 2 aromatic carbocycles. The van der Waals surface area contributed by atoms with E-state index in [1.165, 1.54) is 12.1 Å². The van der Waals surface area contributed by atoms with Crippen molar-refractivity contribution in [2.24, 2.45) is 0 Å². The number of rotatable bonds is 5. The van der Waals surface area contributed by atoms with Crippen molar-refractivity contribution in [3.63, 3.8) is 0 Å². The van der Waals surface area contributed by atoms with E-state index >= 15 is 0 Å². The molecular weight excluding hydrogens is 387 g/mol. The molecule has 0 atom stereocenters. The third-order valence-corrected chi connectivity index (χ3v) is 3.73.